The molecule has 0 bridgehead atoms. The number of likely N-dealkylation sites (tertiary alicyclic amines) is 1. The van der Waals surface area contributed by atoms with Crippen LogP contribution in [0.2, 0.25) is 0 Å². The van der Waals surface area contributed by atoms with E-state index in [0.717, 1.165) is 50.0 Å². The Morgan fingerprint density at radius 2 is 2.14 bits per heavy atom. The van der Waals surface area contributed by atoms with Gasteiger partial charge in [-0.3, -0.25) is 9.79 Å². The highest BCUT2D eigenvalue weighted by Gasteiger charge is 2.20. The van der Waals surface area contributed by atoms with Crippen molar-refractivity contribution in [1.29, 1.82) is 0 Å². The average Bonchev–Trinajstić information content (AvgIpc) is 2.71. The Hall–Kier alpha value is -2.08. The fourth-order valence-electron chi connectivity index (χ4n) is 3.88. The third-order valence-electron chi connectivity index (χ3n) is 5.20. The van der Waals surface area contributed by atoms with Crippen molar-refractivity contribution in [1.82, 2.24) is 20.9 Å². The van der Waals surface area contributed by atoms with Crippen molar-refractivity contribution < 1.29 is 4.79 Å². The van der Waals surface area contributed by atoms with E-state index in [0.29, 0.717) is 11.5 Å². The van der Waals surface area contributed by atoms with E-state index < -0.39 is 0 Å². The third-order valence-corrected chi connectivity index (χ3v) is 5.20. The standard InChI is InChI=1S/C23H39N5O/c1-5-25-23(27-15-20-9-7-13-28(17-20)16-18(2)3)26-12-11-19-8-6-10-21(14-19)22(29)24-4/h6,8,10,14,18,20H,5,7,9,11-13,15-17H2,1-4H3,(H,24,29)(H2,25,26,27). The number of nitrogens with one attached hydrogen (secondary N) is 3. The van der Waals surface area contributed by atoms with Crippen LogP contribution in [0.4, 0.5) is 0 Å². The molecule has 162 valence electrons. The number of benzene rings is 1. The van der Waals surface area contributed by atoms with Gasteiger partial charge in [0, 0.05) is 45.3 Å². The van der Waals surface area contributed by atoms with Gasteiger partial charge >= 0.3 is 0 Å². The van der Waals surface area contributed by atoms with Crippen LogP contribution in [0.1, 0.15) is 49.5 Å². The van der Waals surface area contributed by atoms with E-state index in [1.807, 2.05) is 18.2 Å². The number of guanidine groups is 1. The van der Waals surface area contributed by atoms with E-state index in [1.54, 1.807) is 7.05 Å². The smallest absolute Gasteiger partial charge is 0.251 e. The molecule has 1 aromatic rings. The van der Waals surface area contributed by atoms with Crippen LogP contribution >= 0.6 is 0 Å². The second-order valence-corrected chi connectivity index (χ2v) is 8.34. The Balaban J connectivity index is 1.84. The van der Waals surface area contributed by atoms with Crippen LogP contribution in [0.3, 0.4) is 0 Å². The van der Waals surface area contributed by atoms with E-state index in [-0.39, 0.29) is 5.91 Å². The number of rotatable bonds is 9. The van der Waals surface area contributed by atoms with Crippen LogP contribution < -0.4 is 16.0 Å². The Morgan fingerprint density at radius 3 is 2.86 bits per heavy atom. The van der Waals surface area contributed by atoms with Crippen molar-refractivity contribution >= 4 is 11.9 Å². The zero-order valence-electron chi connectivity index (χ0n) is 18.6. The molecule has 1 atom stereocenters. The molecule has 1 aliphatic rings. The summed E-state index contributed by atoms with van der Waals surface area (Å²) in [7, 11) is 1.66. The monoisotopic (exact) mass is 401 g/mol. The lowest BCUT2D eigenvalue weighted by atomic mass is 9.97. The van der Waals surface area contributed by atoms with Gasteiger partial charge in [0.2, 0.25) is 0 Å². The van der Waals surface area contributed by atoms with Crippen LogP contribution in [0, 0.1) is 11.8 Å². The van der Waals surface area contributed by atoms with Gasteiger partial charge in [-0.25, -0.2) is 0 Å². The minimum atomic E-state index is -0.0475. The van der Waals surface area contributed by atoms with E-state index in [1.165, 1.54) is 25.9 Å². The fraction of sp³-hybridized carbons (Fsp3) is 0.652. The summed E-state index contributed by atoms with van der Waals surface area (Å²) in [5.74, 6) is 2.20. The summed E-state index contributed by atoms with van der Waals surface area (Å²) in [5.41, 5.74) is 1.85. The number of hydrogen-bond acceptors (Lipinski definition) is 3. The molecule has 1 fully saturated rings. The number of amides is 1. The molecule has 0 aromatic heterocycles. The summed E-state index contributed by atoms with van der Waals surface area (Å²) in [4.78, 5) is 19.2. The van der Waals surface area contributed by atoms with Crippen molar-refractivity contribution in [2.45, 2.75) is 40.0 Å². The Bertz CT molecular complexity index is 658. The zero-order valence-corrected chi connectivity index (χ0v) is 18.6. The Morgan fingerprint density at radius 1 is 1.31 bits per heavy atom. The lowest BCUT2D eigenvalue weighted by molar-refractivity contribution is 0.0963. The lowest BCUT2D eigenvalue weighted by Gasteiger charge is -2.33. The minimum absolute atomic E-state index is 0.0475. The minimum Gasteiger partial charge on any atom is -0.357 e. The predicted molar refractivity (Wildman–Crippen MR) is 122 cm³/mol. The van der Waals surface area contributed by atoms with Crippen LogP contribution in [0.5, 0.6) is 0 Å². The van der Waals surface area contributed by atoms with Gasteiger partial charge in [0.25, 0.3) is 5.91 Å². The predicted octanol–water partition coefficient (Wildman–Crippen LogP) is 2.51. The van der Waals surface area contributed by atoms with E-state index in [2.05, 4.69) is 47.7 Å². The maximum absolute atomic E-state index is 11.8. The summed E-state index contributed by atoms with van der Waals surface area (Å²) in [5, 5.41) is 9.46. The van der Waals surface area contributed by atoms with Gasteiger partial charge in [-0.05, 0) is 62.3 Å². The summed E-state index contributed by atoms with van der Waals surface area (Å²) < 4.78 is 0. The molecular formula is C23H39N5O. The van der Waals surface area contributed by atoms with Crippen LogP contribution in [0.15, 0.2) is 29.3 Å². The summed E-state index contributed by atoms with van der Waals surface area (Å²) >= 11 is 0. The number of aliphatic imine (C=N–C) groups is 1. The largest absolute Gasteiger partial charge is 0.357 e. The van der Waals surface area contributed by atoms with E-state index in [4.69, 9.17) is 4.99 Å². The molecule has 6 nitrogen and oxygen atoms in total. The molecule has 1 heterocycles. The summed E-state index contributed by atoms with van der Waals surface area (Å²) in [6, 6.07) is 7.79. The molecule has 0 saturated carbocycles. The second-order valence-electron chi connectivity index (χ2n) is 8.34. The molecule has 3 N–H and O–H groups in total. The molecule has 1 aliphatic heterocycles. The highest BCUT2D eigenvalue weighted by molar-refractivity contribution is 5.94. The zero-order chi connectivity index (χ0) is 21.1. The van der Waals surface area contributed by atoms with Crippen molar-refractivity contribution in [2.75, 3.05) is 46.3 Å². The number of nitrogens with zero attached hydrogens (tertiary/aromatic N) is 2. The lowest BCUT2D eigenvalue weighted by Crippen LogP contribution is -2.41. The molecule has 29 heavy (non-hydrogen) atoms. The quantitative estimate of drug-likeness (QED) is 0.439. The maximum atomic E-state index is 11.8. The van der Waals surface area contributed by atoms with Gasteiger partial charge in [-0.15, -0.1) is 0 Å². The fourth-order valence-corrected chi connectivity index (χ4v) is 3.88. The molecule has 2 rings (SSSR count). The van der Waals surface area contributed by atoms with Crippen molar-refractivity contribution in [3.63, 3.8) is 0 Å². The molecule has 0 aliphatic carbocycles. The first kappa shape index (κ1) is 23.2. The first-order chi connectivity index (χ1) is 14.0. The highest BCUT2D eigenvalue weighted by atomic mass is 16.1. The molecule has 1 amide bonds. The van der Waals surface area contributed by atoms with E-state index >= 15 is 0 Å². The van der Waals surface area contributed by atoms with Gasteiger partial charge in [-0.2, -0.15) is 0 Å². The van der Waals surface area contributed by atoms with Crippen LogP contribution in [0.25, 0.3) is 0 Å². The summed E-state index contributed by atoms with van der Waals surface area (Å²) in [6.07, 6.45) is 3.39. The second kappa shape index (κ2) is 12.5. The molecule has 1 saturated heterocycles. The van der Waals surface area contributed by atoms with Gasteiger partial charge < -0.3 is 20.9 Å². The highest BCUT2D eigenvalue weighted by Crippen LogP contribution is 2.17. The number of piperidine rings is 1. The SMILES string of the molecule is CCNC(=NCC1CCCN(CC(C)C)C1)NCCc1cccc(C(=O)NC)c1. The van der Waals surface area contributed by atoms with Crippen molar-refractivity contribution in [2.24, 2.45) is 16.8 Å². The van der Waals surface area contributed by atoms with Gasteiger partial charge in [0.15, 0.2) is 5.96 Å². The Kier molecular flexibility index (Phi) is 9.98. The average molecular weight is 402 g/mol. The number of hydrogen-bond donors (Lipinski definition) is 3. The summed E-state index contributed by atoms with van der Waals surface area (Å²) in [6.45, 7) is 12.8. The molecule has 6 heteroatoms. The first-order valence-corrected chi connectivity index (χ1v) is 11.1. The molecular weight excluding hydrogens is 362 g/mol. The van der Waals surface area contributed by atoms with Crippen LogP contribution in [-0.2, 0) is 6.42 Å². The van der Waals surface area contributed by atoms with Gasteiger partial charge in [-0.1, -0.05) is 26.0 Å². The molecule has 1 aromatic carbocycles. The normalized spacial score (nSPS) is 18.0. The number of carbonyl (C=O) groups is 1. The van der Waals surface area contributed by atoms with Crippen molar-refractivity contribution in [3.8, 4) is 0 Å². The first-order valence-electron chi connectivity index (χ1n) is 11.1. The molecule has 0 spiro atoms. The topological polar surface area (TPSA) is 68.8 Å². The van der Waals surface area contributed by atoms with Gasteiger partial charge in [0.05, 0.1) is 0 Å². The Labute approximate surface area is 176 Å². The molecule has 1 unspecified atom stereocenters. The van der Waals surface area contributed by atoms with Crippen molar-refractivity contribution in [3.05, 3.63) is 35.4 Å². The molecule has 0 radical (unpaired) electrons. The van der Waals surface area contributed by atoms with E-state index in [9.17, 15) is 4.79 Å². The van der Waals surface area contributed by atoms with Gasteiger partial charge in [0.1, 0.15) is 0 Å². The third kappa shape index (κ3) is 8.44. The van der Waals surface area contributed by atoms with Crippen LogP contribution in [-0.4, -0.2) is 63.1 Å². The number of carbonyl (C=O) groups excluding carboxylic acids is 1. The maximum Gasteiger partial charge on any atom is 0.251 e.